The van der Waals surface area contributed by atoms with Crippen LogP contribution in [0.3, 0.4) is 0 Å². The fraction of sp³-hybridized carbons (Fsp3) is 0.667. The smallest absolute Gasteiger partial charge is 0.240 e. The Morgan fingerprint density at radius 3 is 2.69 bits per heavy atom. The average molecular weight is 358 g/mol. The quantitative estimate of drug-likeness (QED) is 0.804. The molecule has 140 valence electrons. The Morgan fingerprint density at radius 1 is 1.23 bits per heavy atom. The largest absolute Gasteiger partial charge is 0.494 e. The predicted molar refractivity (Wildman–Crippen MR) is 96.1 cm³/mol. The Hall–Kier alpha value is -2.22. The van der Waals surface area contributed by atoms with Gasteiger partial charge in [0, 0.05) is 25.0 Å². The van der Waals surface area contributed by atoms with E-state index in [2.05, 4.69) is 43.8 Å². The predicted octanol–water partition coefficient (Wildman–Crippen LogP) is 2.09. The summed E-state index contributed by atoms with van der Waals surface area (Å²) in [5, 5.41) is 4.09. The number of rotatable bonds is 5. The molecule has 2 aliphatic rings. The highest BCUT2D eigenvalue weighted by Crippen LogP contribution is 2.33. The van der Waals surface area contributed by atoms with E-state index in [0.29, 0.717) is 17.7 Å². The molecule has 2 atom stereocenters. The maximum atomic E-state index is 5.45. The van der Waals surface area contributed by atoms with Crippen molar-refractivity contribution in [1.29, 1.82) is 0 Å². The van der Waals surface area contributed by atoms with Crippen molar-refractivity contribution in [2.75, 3.05) is 31.6 Å². The summed E-state index contributed by atoms with van der Waals surface area (Å²) in [5.74, 6) is 3.97. The highest BCUT2D eigenvalue weighted by molar-refractivity contribution is 5.33. The molecule has 2 unspecified atom stereocenters. The molecule has 0 amide bonds. The van der Waals surface area contributed by atoms with Gasteiger partial charge in [-0.3, -0.25) is 4.90 Å². The molecular formula is C18H26N6O2. The Morgan fingerprint density at radius 2 is 2.00 bits per heavy atom. The maximum Gasteiger partial charge on any atom is 0.240 e. The summed E-state index contributed by atoms with van der Waals surface area (Å²) in [7, 11) is 1.63. The monoisotopic (exact) mass is 358 g/mol. The third kappa shape index (κ3) is 3.38. The first-order valence-electron chi connectivity index (χ1n) is 9.31. The second-order valence-corrected chi connectivity index (χ2v) is 7.45. The number of hydrogen-bond acceptors (Lipinski definition) is 8. The van der Waals surface area contributed by atoms with Crippen LogP contribution in [0.5, 0.6) is 5.75 Å². The van der Waals surface area contributed by atoms with Crippen molar-refractivity contribution in [2.24, 2.45) is 5.92 Å². The number of methoxy groups -OCH3 is 1. The fourth-order valence-corrected chi connectivity index (χ4v) is 3.92. The van der Waals surface area contributed by atoms with Gasteiger partial charge >= 0.3 is 0 Å². The van der Waals surface area contributed by atoms with Gasteiger partial charge in [0.15, 0.2) is 11.6 Å². The molecule has 2 aromatic rings. The number of fused-ring (bicyclic) bond motifs is 1. The van der Waals surface area contributed by atoms with Crippen molar-refractivity contribution in [3.05, 3.63) is 24.1 Å². The van der Waals surface area contributed by atoms with Crippen LogP contribution >= 0.6 is 0 Å². The van der Waals surface area contributed by atoms with Gasteiger partial charge < -0.3 is 14.2 Å². The molecule has 2 fully saturated rings. The molecule has 0 saturated carbocycles. The average Bonchev–Trinajstić information content (AvgIpc) is 3.29. The van der Waals surface area contributed by atoms with Crippen LogP contribution in [0.4, 0.5) is 5.95 Å². The van der Waals surface area contributed by atoms with Crippen LogP contribution in [0.1, 0.15) is 44.3 Å². The second-order valence-electron chi connectivity index (χ2n) is 7.45. The Bertz CT molecular complexity index is 732. The first-order chi connectivity index (χ1) is 12.6. The number of ether oxygens (including phenoxy) is 1. The van der Waals surface area contributed by atoms with Crippen LogP contribution in [0.25, 0.3) is 0 Å². The highest BCUT2D eigenvalue weighted by atomic mass is 16.5. The summed E-state index contributed by atoms with van der Waals surface area (Å²) in [6, 6.07) is 0.476. The summed E-state index contributed by atoms with van der Waals surface area (Å²) in [6.45, 7) is 7.88. The van der Waals surface area contributed by atoms with Crippen molar-refractivity contribution < 1.29 is 9.26 Å². The third-order valence-electron chi connectivity index (χ3n) is 5.45. The molecule has 2 aliphatic heterocycles. The normalized spacial score (nSPS) is 23.5. The molecule has 0 N–H and O–H groups in total. The van der Waals surface area contributed by atoms with Crippen LogP contribution in [0.2, 0.25) is 0 Å². The number of nitrogens with zero attached hydrogens (tertiary/aromatic N) is 6. The van der Waals surface area contributed by atoms with Gasteiger partial charge in [0.25, 0.3) is 0 Å². The van der Waals surface area contributed by atoms with Gasteiger partial charge in [0.2, 0.25) is 11.8 Å². The number of likely N-dealkylation sites (tertiary alicyclic amines) is 1. The molecule has 26 heavy (non-hydrogen) atoms. The van der Waals surface area contributed by atoms with E-state index < -0.39 is 0 Å². The topological polar surface area (TPSA) is 80.4 Å². The van der Waals surface area contributed by atoms with Gasteiger partial charge in [-0.05, 0) is 25.3 Å². The summed E-state index contributed by atoms with van der Waals surface area (Å²) >= 11 is 0. The SMILES string of the molecule is COc1cnc(N2CCC3CCN(Cc4nc(C(C)C)no4)C3C2)nc1. The molecule has 8 heteroatoms. The Kier molecular flexibility index (Phi) is 4.76. The van der Waals surface area contributed by atoms with Gasteiger partial charge in [-0.2, -0.15) is 4.98 Å². The van der Waals surface area contributed by atoms with Crippen molar-refractivity contribution in [1.82, 2.24) is 25.0 Å². The van der Waals surface area contributed by atoms with E-state index in [0.717, 1.165) is 50.3 Å². The van der Waals surface area contributed by atoms with Crippen molar-refractivity contribution in [3.8, 4) is 5.75 Å². The zero-order chi connectivity index (χ0) is 18.1. The molecule has 0 radical (unpaired) electrons. The van der Waals surface area contributed by atoms with Crippen molar-refractivity contribution in [2.45, 2.75) is 45.2 Å². The zero-order valence-electron chi connectivity index (χ0n) is 15.6. The highest BCUT2D eigenvalue weighted by Gasteiger charge is 2.39. The molecule has 0 bridgehead atoms. The zero-order valence-corrected chi connectivity index (χ0v) is 15.6. The summed E-state index contributed by atoms with van der Waals surface area (Å²) < 4.78 is 10.6. The lowest BCUT2D eigenvalue weighted by atomic mass is 9.92. The number of aromatic nitrogens is 4. The van der Waals surface area contributed by atoms with E-state index in [1.165, 1.54) is 6.42 Å². The van der Waals surface area contributed by atoms with Gasteiger partial charge in [-0.25, -0.2) is 9.97 Å². The first-order valence-corrected chi connectivity index (χ1v) is 9.31. The first kappa shape index (κ1) is 17.2. The molecule has 2 saturated heterocycles. The van der Waals surface area contributed by atoms with Crippen LogP contribution < -0.4 is 9.64 Å². The molecule has 8 nitrogen and oxygen atoms in total. The standard InChI is InChI=1S/C18H26N6O2/c1-12(2)17-21-16(26-22-17)11-23-6-4-13-5-7-24(10-15(13)23)18-19-8-14(25-3)9-20-18/h8-9,12-13,15H,4-7,10-11H2,1-3H3. The number of piperidine rings is 1. The third-order valence-corrected chi connectivity index (χ3v) is 5.45. The molecular weight excluding hydrogens is 332 g/mol. The number of anilines is 1. The van der Waals surface area contributed by atoms with E-state index in [9.17, 15) is 0 Å². The summed E-state index contributed by atoms with van der Waals surface area (Å²) in [5.41, 5.74) is 0. The maximum absolute atomic E-state index is 5.45. The lowest BCUT2D eigenvalue weighted by Crippen LogP contribution is -2.48. The number of hydrogen-bond donors (Lipinski definition) is 0. The van der Waals surface area contributed by atoms with E-state index >= 15 is 0 Å². The second kappa shape index (κ2) is 7.19. The lowest BCUT2D eigenvalue weighted by Gasteiger charge is -2.38. The van der Waals surface area contributed by atoms with E-state index in [-0.39, 0.29) is 5.92 Å². The Labute approximate surface area is 153 Å². The van der Waals surface area contributed by atoms with Gasteiger partial charge in [-0.15, -0.1) is 0 Å². The van der Waals surface area contributed by atoms with E-state index in [1.807, 2.05) is 0 Å². The summed E-state index contributed by atoms with van der Waals surface area (Å²) in [6.07, 6.45) is 5.85. The van der Waals surface area contributed by atoms with Crippen molar-refractivity contribution >= 4 is 5.95 Å². The molecule has 2 aromatic heterocycles. The van der Waals surface area contributed by atoms with Crippen molar-refractivity contribution in [3.63, 3.8) is 0 Å². The van der Waals surface area contributed by atoms with Crippen LogP contribution in [-0.2, 0) is 6.54 Å². The van der Waals surface area contributed by atoms with Gasteiger partial charge in [0.05, 0.1) is 26.0 Å². The van der Waals surface area contributed by atoms with Crippen LogP contribution in [0.15, 0.2) is 16.9 Å². The molecule has 4 heterocycles. The molecule has 0 spiro atoms. The van der Waals surface area contributed by atoms with Gasteiger partial charge in [-0.1, -0.05) is 19.0 Å². The lowest BCUT2D eigenvalue weighted by molar-refractivity contribution is 0.178. The fourth-order valence-electron chi connectivity index (χ4n) is 3.92. The molecule has 0 aromatic carbocycles. The Balaban J connectivity index is 1.44. The minimum Gasteiger partial charge on any atom is -0.494 e. The minimum atomic E-state index is 0.288. The van der Waals surface area contributed by atoms with Crippen LogP contribution in [0, 0.1) is 5.92 Å². The van der Waals surface area contributed by atoms with E-state index in [1.54, 1.807) is 19.5 Å². The molecule has 0 aliphatic carbocycles. The van der Waals surface area contributed by atoms with Gasteiger partial charge in [0.1, 0.15) is 0 Å². The van der Waals surface area contributed by atoms with E-state index in [4.69, 9.17) is 9.26 Å². The minimum absolute atomic E-state index is 0.288. The summed E-state index contributed by atoms with van der Waals surface area (Å²) in [4.78, 5) is 18.2. The molecule has 4 rings (SSSR count). The van der Waals surface area contributed by atoms with Crippen LogP contribution in [-0.4, -0.2) is 57.8 Å².